The molecule has 56 heavy (non-hydrogen) atoms. The molecule has 7 aromatic carbocycles. The second-order valence-corrected chi connectivity index (χ2v) is 17.3. The Morgan fingerprint density at radius 1 is 0.429 bits per heavy atom. The Hall–Kier alpha value is -6.28. The van der Waals surface area contributed by atoms with Crippen LogP contribution in [-0.4, -0.2) is 23.9 Å². The van der Waals surface area contributed by atoms with Gasteiger partial charge in [0.2, 0.25) is 0 Å². The Morgan fingerprint density at radius 3 is 1.07 bits per heavy atom. The zero-order valence-corrected chi connectivity index (χ0v) is 32.9. The molecule has 0 bridgehead atoms. The zero-order chi connectivity index (χ0) is 40.0. The molecule has 282 valence electrons. The van der Waals surface area contributed by atoms with Crippen molar-refractivity contribution in [2.45, 2.75) is 73.1 Å². The largest absolute Gasteiger partial charge is 0.457 e. The number of hydrogen-bond acceptors (Lipinski definition) is 8. The van der Waals surface area contributed by atoms with Gasteiger partial charge in [-0.05, 0) is 87.2 Å². The van der Waals surface area contributed by atoms with Crippen molar-refractivity contribution in [3.8, 4) is 23.0 Å². The van der Waals surface area contributed by atoms with Crippen LogP contribution in [0.2, 0.25) is 0 Å². The van der Waals surface area contributed by atoms with Crippen molar-refractivity contribution in [1.82, 2.24) is 0 Å². The lowest BCUT2D eigenvalue weighted by Gasteiger charge is -2.26. The second kappa shape index (κ2) is 12.9. The van der Waals surface area contributed by atoms with Crippen LogP contribution in [0.4, 0.5) is 0 Å². The normalized spacial score (nSPS) is 14.0. The van der Waals surface area contributed by atoms with Crippen molar-refractivity contribution in [1.29, 1.82) is 0 Å². The smallest absolute Gasteiger partial charge is 0.346 e. The van der Waals surface area contributed by atoms with Gasteiger partial charge in [-0.15, -0.1) is 0 Å². The van der Waals surface area contributed by atoms with E-state index >= 15 is 0 Å². The quantitative estimate of drug-likeness (QED) is 0.0758. The molecule has 0 N–H and O–H groups in total. The van der Waals surface area contributed by atoms with Crippen LogP contribution in [0.15, 0.2) is 84.9 Å². The highest BCUT2D eigenvalue weighted by molar-refractivity contribution is 6.41. The highest BCUT2D eigenvalue weighted by atomic mass is 16.6. The highest BCUT2D eigenvalue weighted by Gasteiger charge is 2.35. The first-order valence-corrected chi connectivity index (χ1v) is 18.8. The van der Waals surface area contributed by atoms with E-state index in [1.807, 2.05) is 48.5 Å². The van der Waals surface area contributed by atoms with Gasteiger partial charge in [-0.1, -0.05) is 98.7 Å². The van der Waals surface area contributed by atoms with Gasteiger partial charge in [-0.25, -0.2) is 19.2 Å². The molecule has 2 aliphatic rings. The molecule has 0 fully saturated rings. The van der Waals surface area contributed by atoms with Crippen LogP contribution in [0.3, 0.4) is 0 Å². The van der Waals surface area contributed by atoms with Crippen LogP contribution in [0, 0.1) is 5.92 Å². The van der Waals surface area contributed by atoms with Crippen molar-refractivity contribution in [3.63, 3.8) is 0 Å². The van der Waals surface area contributed by atoms with Crippen LogP contribution >= 0.6 is 0 Å². The molecule has 0 saturated heterocycles. The fraction of sp³-hybridized carbons (Fsp3) is 0.250. The molecule has 2 aliphatic heterocycles. The summed E-state index contributed by atoms with van der Waals surface area (Å²) in [5, 5.41) is 4.51. The Morgan fingerprint density at radius 2 is 0.750 bits per heavy atom. The number of hydrogen-bond donors (Lipinski definition) is 0. The van der Waals surface area contributed by atoms with Gasteiger partial charge in [-0.3, -0.25) is 0 Å². The first-order valence-electron chi connectivity index (χ1n) is 18.8. The number of benzene rings is 7. The average molecular weight is 747 g/mol. The summed E-state index contributed by atoms with van der Waals surface area (Å²) in [4.78, 5) is 53.1. The third-order valence-electron chi connectivity index (χ3n) is 10.2. The van der Waals surface area contributed by atoms with E-state index in [0.717, 1.165) is 17.0 Å². The molecule has 0 spiro atoms. The molecule has 2 heterocycles. The van der Waals surface area contributed by atoms with Crippen LogP contribution < -0.4 is 9.47 Å². The minimum atomic E-state index is -0.783. The lowest BCUT2D eigenvalue weighted by molar-refractivity contribution is 0.0373. The SMILES string of the molecule is CC(C)(C)c1ccc(Oc2cc3c4c(ccc5c6c(Oc7ccc(C(C)(C)C)cc7)cc7c8c(ccc(c2c45)c86)C(=O)OC7=O)C(=O)OC3=O)cc1.CC(C)C. The number of fused-ring (bicyclic) bond motifs is 2. The first-order chi connectivity index (χ1) is 26.4. The molecule has 0 radical (unpaired) electrons. The highest BCUT2D eigenvalue weighted by Crippen LogP contribution is 2.52. The van der Waals surface area contributed by atoms with Gasteiger partial charge in [0.1, 0.15) is 23.0 Å². The van der Waals surface area contributed by atoms with Crippen molar-refractivity contribution in [2.24, 2.45) is 5.92 Å². The van der Waals surface area contributed by atoms with Gasteiger partial charge in [0.15, 0.2) is 0 Å². The summed E-state index contributed by atoms with van der Waals surface area (Å²) in [5.41, 5.74) is 2.93. The lowest BCUT2D eigenvalue weighted by atomic mass is 9.82. The van der Waals surface area contributed by atoms with Crippen molar-refractivity contribution in [2.75, 3.05) is 0 Å². The molecular weight excluding hydrogens is 705 g/mol. The van der Waals surface area contributed by atoms with Crippen LogP contribution in [0.1, 0.15) is 115 Å². The molecule has 7 aromatic rings. The molecule has 0 aliphatic carbocycles. The van der Waals surface area contributed by atoms with E-state index in [4.69, 9.17) is 18.9 Å². The van der Waals surface area contributed by atoms with E-state index < -0.39 is 23.9 Å². The average Bonchev–Trinajstić information content (AvgIpc) is 3.12. The Bertz CT molecular complexity index is 2600. The fourth-order valence-electron chi connectivity index (χ4n) is 7.54. The van der Waals surface area contributed by atoms with Crippen LogP contribution in [0.5, 0.6) is 23.0 Å². The number of rotatable bonds is 4. The van der Waals surface area contributed by atoms with E-state index in [0.29, 0.717) is 66.1 Å². The number of ether oxygens (including phenoxy) is 4. The molecule has 0 aromatic heterocycles. The van der Waals surface area contributed by atoms with E-state index in [2.05, 4.69) is 62.3 Å². The van der Waals surface area contributed by atoms with Crippen molar-refractivity contribution in [3.05, 3.63) is 118 Å². The molecule has 0 atom stereocenters. The first kappa shape index (κ1) is 36.7. The summed E-state index contributed by atoms with van der Waals surface area (Å²) < 4.78 is 23.6. The van der Waals surface area contributed by atoms with Gasteiger partial charge in [0.05, 0.1) is 22.3 Å². The van der Waals surface area contributed by atoms with Gasteiger partial charge in [0.25, 0.3) is 0 Å². The Kier molecular flexibility index (Phi) is 8.45. The lowest BCUT2D eigenvalue weighted by Crippen LogP contribution is -2.21. The minimum absolute atomic E-state index is 0.0774. The second-order valence-electron chi connectivity index (χ2n) is 17.3. The van der Waals surface area contributed by atoms with Gasteiger partial charge in [-0.2, -0.15) is 0 Å². The van der Waals surface area contributed by atoms with Crippen LogP contribution in [0.25, 0.3) is 43.1 Å². The predicted octanol–water partition coefficient (Wildman–Crippen LogP) is 12.2. The summed E-state index contributed by atoms with van der Waals surface area (Å²) >= 11 is 0. The van der Waals surface area contributed by atoms with Crippen LogP contribution in [-0.2, 0) is 20.3 Å². The summed E-state index contributed by atoms with van der Waals surface area (Å²) in [6.45, 7) is 19.3. The van der Waals surface area contributed by atoms with Crippen molar-refractivity contribution >= 4 is 67.0 Å². The number of carbonyl (C=O) groups excluding carboxylic acids is 4. The molecule has 0 amide bonds. The molecule has 9 rings (SSSR count). The summed E-state index contributed by atoms with van der Waals surface area (Å²) in [7, 11) is 0. The molecule has 8 heteroatoms. The van der Waals surface area contributed by atoms with E-state index in [-0.39, 0.29) is 33.1 Å². The number of carbonyl (C=O) groups is 4. The fourth-order valence-corrected chi connectivity index (χ4v) is 7.54. The summed E-state index contributed by atoms with van der Waals surface area (Å²) in [5.74, 6) is -0.489. The topological polar surface area (TPSA) is 105 Å². The molecule has 8 nitrogen and oxygen atoms in total. The summed E-state index contributed by atoms with van der Waals surface area (Å²) in [6, 6.07) is 25.5. The van der Waals surface area contributed by atoms with Gasteiger partial charge in [0, 0.05) is 32.3 Å². The maximum atomic E-state index is 13.4. The zero-order valence-electron chi connectivity index (χ0n) is 32.9. The van der Waals surface area contributed by atoms with E-state index in [9.17, 15) is 19.2 Å². The Labute approximate surface area is 324 Å². The third kappa shape index (κ3) is 6.00. The Balaban J connectivity index is 0.00000105. The van der Waals surface area contributed by atoms with E-state index in [1.54, 1.807) is 36.4 Å². The minimum Gasteiger partial charge on any atom is -0.457 e. The maximum absolute atomic E-state index is 13.4. The third-order valence-corrected chi connectivity index (χ3v) is 10.2. The molecule has 0 unspecified atom stereocenters. The molecule has 0 saturated carbocycles. The monoisotopic (exact) mass is 746 g/mol. The van der Waals surface area contributed by atoms with Gasteiger partial charge >= 0.3 is 23.9 Å². The maximum Gasteiger partial charge on any atom is 0.346 e. The number of esters is 4. The number of cyclic esters (lactones) is 4. The van der Waals surface area contributed by atoms with Crippen molar-refractivity contribution < 1.29 is 38.1 Å². The molecular formula is C48H42O8. The summed E-state index contributed by atoms with van der Waals surface area (Å²) in [6.07, 6.45) is 0. The predicted molar refractivity (Wildman–Crippen MR) is 218 cm³/mol. The van der Waals surface area contributed by atoms with Gasteiger partial charge < -0.3 is 18.9 Å². The van der Waals surface area contributed by atoms with E-state index in [1.165, 1.54) is 0 Å². The standard InChI is InChI=1S/C44H32O8.C4H10/c1-43(2,3)21-7-11-23(12-8-21)49-31-19-29-33-27(39(45)51-41(29)47)18-16-26-36-32(50-24-13-9-22(10-14-24)44(4,5)6)20-30-34-28(40(46)52-42(30)48)17-15-25(38(34)36)35(31)37(26)33;1-4(2)3/h7-20H,1-6H3;4H,1-3H3.